The van der Waals surface area contributed by atoms with Gasteiger partial charge in [-0.05, 0) is 12.8 Å². The Morgan fingerprint density at radius 2 is 2.20 bits per heavy atom. The molecule has 0 rings (SSSR count). The first-order chi connectivity index (χ1) is 4.85. The van der Waals surface area contributed by atoms with Crippen molar-refractivity contribution in [2.45, 2.75) is 39.2 Å². The van der Waals surface area contributed by atoms with Gasteiger partial charge in [-0.1, -0.05) is 20.3 Å². The van der Waals surface area contributed by atoms with E-state index in [1.54, 1.807) is 0 Å². The predicted molar refractivity (Wildman–Crippen MR) is 49.6 cm³/mol. The molecule has 4 heteroatoms. The summed E-state index contributed by atoms with van der Waals surface area (Å²) in [6, 6.07) is 0. The van der Waals surface area contributed by atoms with Crippen molar-refractivity contribution >= 4 is 20.5 Å². The van der Waals surface area contributed by atoms with E-state index >= 15 is 0 Å². The molecule has 0 fully saturated rings. The molecule has 0 radical (unpaired) electrons. The molecule has 0 aromatic rings. The number of hydrogen-bond donors (Lipinski definition) is 0. The van der Waals surface area contributed by atoms with Crippen LogP contribution in [0, 0.1) is 0 Å². The lowest BCUT2D eigenvalue weighted by Gasteiger charge is -2.13. The molecule has 0 aliphatic carbocycles. The van der Waals surface area contributed by atoms with Crippen molar-refractivity contribution < 1.29 is 8.54 Å². The molecule has 0 amide bonds. The van der Waals surface area contributed by atoms with Crippen LogP contribution in [-0.2, 0) is 8.54 Å². The zero-order chi connectivity index (χ0) is 7.82. The predicted octanol–water partition coefficient (Wildman–Crippen LogP) is -0.123. The first kappa shape index (κ1) is 10.4. The molecule has 2 nitrogen and oxygen atoms in total. The van der Waals surface area contributed by atoms with E-state index in [1.165, 1.54) is 12.8 Å². The van der Waals surface area contributed by atoms with Crippen molar-refractivity contribution in [3.05, 3.63) is 0 Å². The lowest BCUT2D eigenvalue weighted by molar-refractivity contribution is 0.173. The largest absolute Gasteiger partial charge is 0.449 e. The zero-order valence-corrected chi connectivity index (χ0v) is 10.6. The van der Waals surface area contributed by atoms with Gasteiger partial charge in [0, 0.05) is 6.10 Å². The summed E-state index contributed by atoms with van der Waals surface area (Å²) in [6.07, 6.45) is 4.01. The quantitative estimate of drug-likeness (QED) is 0.528. The Bertz CT molecular complexity index is 70.8. The maximum Gasteiger partial charge on any atom is 0.293 e. The van der Waals surface area contributed by atoms with Gasteiger partial charge in [-0.3, -0.25) is 0 Å². The lowest BCUT2D eigenvalue weighted by Crippen LogP contribution is -2.15. The summed E-state index contributed by atoms with van der Waals surface area (Å²) < 4.78 is 10.6. The Balaban J connectivity index is 3.21. The van der Waals surface area contributed by atoms with Gasteiger partial charge < -0.3 is 8.54 Å². The molecule has 0 N–H and O–H groups in total. The second-order valence-electron chi connectivity index (χ2n) is 2.39. The summed E-state index contributed by atoms with van der Waals surface area (Å²) in [4.78, 5) is 0. The summed E-state index contributed by atoms with van der Waals surface area (Å²) in [5.74, 6) is 0. The van der Waals surface area contributed by atoms with Crippen LogP contribution in [0.2, 0.25) is 0 Å². The van der Waals surface area contributed by atoms with Gasteiger partial charge in [-0.25, -0.2) is 0 Å². The Morgan fingerprint density at radius 1 is 1.50 bits per heavy atom. The Kier molecular flexibility index (Phi) is 7.72. The minimum atomic E-state index is -0.595. The third-order valence-electron chi connectivity index (χ3n) is 1.49. The average molecular weight is 178 g/mol. The molecule has 0 aliphatic rings. The van der Waals surface area contributed by atoms with Crippen LogP contribution in [0.3, 0.4) is 0 Å². The molecule has 0 aliphatic heterocycles. The summed E-state index contributed by atoms with van der Waals surface area (Å²) in [6.45, 7) is 4.36. The van der Waals surface area contributed by atoms with Crippen LogP contribution in [0.1, 0.15) is 33.1 Å². The first-order valence-electron chi connectivity index (χ1n) is 3.95. The van der Waals surface area contributed by atoms with Crippen LogP contribution in [0.15, 0.2) is 0 Å². The zero-order valence-electron chi connectivity index (χ0n) is 7.22. The minimum Gasteiger partial charge on any atom is -0.449 e. The Labute approximate surface area is 68.9 Å². The minimum absolute atomic E-state index is 0.477. The average Bonchev–Trinajstić information content (AvgIpc) is 1.98. The molecule has 0 aromatic heterocycles. The van der Waals surface area contributed by atoms with Crippen LogP contribution in [-0.4, -0.2) is 26.6 Å². The van der Waals surface area contributed by atoms with E-state index in [0.717, 1.165) is 16.9 Å². The van der Waals surface area contributed by atoms with Crippen molar-refractivity contribution in [2.75, 3.05) is 0 Å². The van der Waals surface area contributed by atoms with Gasteiger partial charge in [0.05, 0.1) is 0 Å². The van der Waals surface area contributed by atoms with Gasteiger partial charge in [0.25, 0.3) is 10.0 Å². The monoisotopic (exact) mass is 178 g/mol. The van der Waals surface area contributed by atoms with Crippen molar-refractivity contribution in [3.63, 3.8) is 0 Å². The molecule has 0 saturated heterocycles. The van der Waals surface area contributed by atoms with E-state index in [0.29, 0.717) is 6.10 Å². The highest BCUT2D eigenvalue weighted by Gasteiger charge is 2.02. The maximum absolute atomic E-state index is 5.53. The van der Waals surface area contributed by atoms with Crippen LogP contribution in [0.25, 0.3) is 0 Å². The Hall–Kier alpha value is 0.354. The van der Waals surface area contributed by atoms with E-state index in [2.05, 4.69) is 13.8 Å². The molecule has 10 heavy (non-hydrogen) atoms. The van der Waals surface area contributed by atoms with Crippen LogP contribution in [0.4, 0.5) is 0 Å². The standard InChI is InChI=1S/C6H18O2Si2/c1-3-5-6(4-2)7-10-8-9/h6H,3-5,10H2,1-2,9H3. The molecule has 0 bridgehead atoms. The van der Waals surface area contributed by atoms with E-state index in [-0.39, 0.29) is 0 Å². The van der Waals surface area contributed by atoms with Gasteiger partial charge in [0.2, 0.25) is 0 Å². The topological polar surface area (TPSA) is 18.5 Å². The van der Waals surface area contributed by atoms with E-state index in [4.69, 9.17) is 8.54 Å². The third-order valence-corrected chi connectivity index (χ3v) is 3.04. The fourth-order valence-corrected chi connectivity index (χ4v) is 2.03. The normalized spacial score (nSPS) is 15.0. The number of rotatable bonds is 6. The fraction of sp³-hybridized carbons (Fsp3) is 1.00. The molecule has 1 unspecified atom stereocenters. The molecule has 0 saturated carbocycles. The summed E-state index contributed by atoms with van der Waals surface area (Å²) in [7, 11) is 0.243. The molecule has 1 atom stereocenters. The van der Waals surface area contributed by atoms with Crippen molar-refractivity contribution in [1.29, 1.82) is 0 Å². The van der Waals surface area contributed by atoms with Gasteiger partial charge in [0.15, 0.2) is 0 Å². The molecule has 0 spiro atoms. The summed E-state index contributed by atoms with van der Waals surface area (Å²) in [5, 5.41) is 0. The van der Waals surface area contributed by atoms with Gasteiger partial charge in [-0.15, -0.1) is 0 Å². The first-order valence-corrected chi connectivity index (χ1v) is 5.92. The van der Waals surface area contributed by atoms with Crippen LogP contribution in [0.5, 0.6) is 0 Å². The van der Waals surface area contributed by atoms with E-state index < -0.39 is 10.0 Å². The fourth-order valence-electron chi connectivity index (χ4n) is 0.892. The third kappa shape index (κ3) is 5.16. The molecule has 0 heterocycles. The Morgan fingerprint density at radius 3 is 2.60 bits per heavy atom. The van der Waals surface area contributed by atoms with Gasteiger partial charge in [0.1, 0.15) is 10.5 Å². The molecule has 0 aromatic carbocycles. The van der Waals surface area contributed by atoms with Crippen molar-refractivity contribution in [3.8, 4) is 0 Å². The number of hydrogen-bond acceptors (Lipinski definition) is 2. The lowest BCUT2D eigenvalue weighted by atomic mass is 10.2. The van der Waals surface area contributed by atoms with Gasteiger partial charge >= 0.3 is 0 Å². The van der Waals surface area contributed by atoms with E-state index in [9.17, 15) is 0 Å². The highest BCUT2D eigenvalue weighted by molar-refractivity contribution is 6.27. The molecule has 62 valence electrons. The summed E-state index contributed by atoms with van der Waals surface area (Å²) in [5.41, 5.74) is 0. The maximum atomic E-state index is 5.53. The SMILES string of the molecule is CCCC(CC)O[SiH2]O[SiH3]. The van der Waals surface area contributed by atoms with Crippen molar-refractivity contribution in [2.24, 2.45) is 0 Å². The van der Waals surface area contributed by atoms with Crippen LogP contribution < -0.4 is 0 Å². The second kappa shape index (κ2) is 7.46. The molecular weight excluding hydrogens is 160 g/mol. The highest BCUT2D eigenvalue weighted by Crippen LogP contribution is 2.04. The van der Waals surface area contributed by atoms with Crippen LogP contribution >= 0.6 is 0 Å². The highest BCUT2D eigenvalue weighted by atomic mass is 28.3. The second-order valence-corrected chi connectivity index (χ2v) is 5.27. The van der Waals surface area contributed by atoms with Gasteiger partial charge in [-0.2, -0.15) is 0 Å². The molecular formula is C6H18O2Si2. The van der Waals surface area contributed by atoms with E-state index in [1.807, 2.05) is 0 Å². The smallest absolute Gasteiger partial charge is 0.293 e. The summed E-state index contributed by atoms with van der Waals surface area (Å²) >= 11 is 0. The van der Waals surface area contributed by atoms with Crippen molar-refractivity contribution in [1.82, 2.24) is 0 Å².